The van der Waals surface area contributed by atoms with E-state index in [-0.39, 0.29) is 12.2 Å². The summed E-state index contributed by atoms with van der Waals surface area (Å²) in [5, 5.41) is 13.7. The first-order chi connectivity index (χ1) is 18.0. The zero-order valence-corrected chi connectivity index (χ0v) is 22.2. The number of unbranched alkanes of at least 4 members (excludes halogenated alkanes) is 1. The minimum Gasteiger partial charge on any atom is -0.480 e. The Morgan fingerprint density at radius 3 is 2.97 bits per heavy atom. The lowest BCUT2D eigenvalue weighted by Crippen LogP contribution is -2.36. The van der Waals surface area contributed by atoms with E-state index in [1.807, 2.05) is 12.1 Å². The SMILES string of the molecule is CC(C)[C@@H]1Cc2c(cccc2[C@@H](C(=O)O)N2CC[C@@H](OCCCCc3ccc4c(n3)NCCC4)C2)CO1. The molecule has 0 unspecified atom stereocenters. The number of aliphatic carboxylic acids is 1. The predicted octanol–water partition coefficient (Wildman–Crippen LogP) is 4.78. The number of carboxylic acids is 1. The van der Waals surface area contributed by atoms with Gasteiger partial charge in [-0.15, -0.1) is 0 Å². The van der Waals surface area contributed by atoms with Gasteiger partial charge < -0.3 is 19.9 Å². The van der Waals surface area contributed by atoms with Crippen LogP contribution in [0.2, 0.25) is 0 Å². The van der Waals surface area contributed by atoms with Crippen molar-refractivity contribution in [1.29, 1.82) is 0 Å². The second-order valence-corrected chi connectivity index (χ2v) is 11.1. The van der Waals surface area contributed by atoms with Crippen molar-refractivity contribution in [2.45, 2.75) is 83.6 Å². The third-order valence-corrected chi connectivity index (χ3v) is 8.11. The lowest BCUT2D eigenvalue weighted by Gasteiger charge is -2.33. The molecular formula is C30H41N3O4. The maximum absolute atomic E-state index is 12.5. The lowest BCUT2D eigenvalue weighted by atomic mass is 9.87. The molecule has 0 amide bonds. The highest BCUT2D eigenvalue weighted by Gasteiger charge is 2.36. The van der Waals surface area contributed by atoms with Crippen LogP contribution >= 0.6 is 0 Å². The average molecular weight is 508 g/mol. The molecule has 7 heteroatoms. The van der Waals surface area contributed by atoms with Crippen molar-refractivity contribution in [3.63, 3.8) is 0 Å². The van der Waals surface area contributed by atoms with Crippen molar-refractivity contribution in [2.75, 3.05) is 31.6 Å². The Kier molecular flexibility index (Phi) is 8.43. The summed E-state index contributed by atoms with van der Waals surface area (Å²) in [4.78, 5) is 19.4. The largest absolute Gasteiger partial charge is 0.480 e. The third kappa shape index (κ3) is 6.16. The van der Waals surface area contributed by atoms with E-state index in [4.69, 9.17) is 14.5 Å². The Hall–Kier alpha value is -2.48. The van der Waals surface area contributed by atoms with Crippen LogP contribution in [-0.2, 0) is 40.1 Å². The molecule has 0 spiro atoms. The number of carbonyl (C=O) groups is 1. The fraction of sp³-hybridized carbons (Fsp3) is 0.600. The lowest BCUT2D eigenvalue weighted by molar-refractivity contribution is -0.143. The van der Waals surface area contributed by atoms with Gasteiger partial charge in [0.15, 0.2) is 0 Å². The molecule has 7 nitrogen and oxygen atoms in total. The first-order valence-corrected chi connectivity index (χ1v) is 14.0. The molecule has 5 rings (SSSR count). The van der Waals surface area contributed by atoms with E-state index in [9.17, 15) is 9.90 Å². The van der Waals surface area contributed by atoms with Gasteiger partial charge in [0.2, 0.25) is 0 Å². The number of aromatic nitrogens is 1. The van der Waals surface area contributed by atoms with E-state index in [0.717, 1.165) is 79.8 Å². The molecule has 37 heavy (non-hydrogen) atoms. The molecule has 1 aromatic carbocycles. The summed E-state index contributed by atoms with van der Waals surface area (Å²) in [5.74, 6) is 0.674. The summed E-state index contributed by atoms with van der Waals surface area (Å²) in [6.07, 6.45) is 7.12. The molecule has 3 aliphatic rings. The molecule has 1 aromatic heterocycles. The van der Waals surface area contributed by atoms with Crippen molar-refractivity contribution < 1.29 is 19.4 Å². The topological polar surface area (TPSA) is 83.9 Å². The van der Waals surface area contributed by atoms with Gasteiger partial charge in [-0.05, 0) is 79.2 Å². The van der Waals surface area contributed by atoms with Crippen LogP contribution in [0.4, 0.5) is 5.82 Å². The van der Waals surface area contributed by atoms with E-state index in [1.165, 1.54) is 12.0 Å². The molecule has 2 N–H and O–H groups in total. The Morgan fingerprint density at radius 1 is 1.24 bits per heavy atom. The van der Waals surface area contributed by atoms with Crippen LogP contribution < -0.4 is 5.32 Å². The normalized spacial score (nSPS) is 22.4. The zero-order chi connectivity index (χ0) is 25.8. The average Bonchev–Trinajstić information content (AvgIpc) is 3.36. The van der Waals surface area contributed by atoms with Gasteiger partial charge in [-0.3, -0.25) is 9.69 Å². The number of carboxylic acid groups (broad SMARTS) is 1. The maximum atomic E-state index is 12.5. The van der Waals surface area contributed by atoms with Gasteiger partial charge >= 0.3 is 5.97 Å². The van der Waals surface area contributed by atoms with Crippen molar-refractivity contribution in [3.05, 3.63) is 58.3 Å². The second-order valence-electron chi connectivity index (χ2n) is 11.1. The summed E-state index contributed by atoms with van der Waals surface area (Å²) in [6.45, 7) is 7.99. The number of ether oxygens (including phenoxy) is 2. The number of benzene rings is 1. The molecule has 0 aliphatic carbocycles. The molecule has 0 saturated carbocycles. The van der Waals surface area contributed by atoms with Gasteiger partial charge in [0.05, 0.1) is 18.8 Å². The Bertz CT molecular complexity index is 1090. The molecule has 1 fully saturated rings. The van der Waals surface area contributed by atoms with Crippen LogP contribution in [0.1, 0.15) is 73.5 Å². The number of anilines is 1. The van der Waals surface area contributed by atoms with Crippen LogP contribution in [0.3, 0.4) is 0 Å². The van der Waals surface area contributed by atoms with Crippen LogP contribution in [0.15, 0.2) is 30.3 Å². The van der Waals surface area contributed by atoms with E-state index in [1.54, 1.807) is 0 Å². The van der Waals surface area contributed by atoms with Crippen molar-refractivity contribution in [1.82, 2.24) is 9.88 Å². The number of hydrogen-bond acceptors (Lipinski definition) is 6. The van der Waals surface area contributed by atoms with Crippen LogP contribution in [0.5, 0.6) is 0 Å². The summed E-state index contributed by atoms with van der Waals surface area (Å²) in [6, 6.07) is 9.77. The third-order valence-electron chi connectivity index (χ3n) is 8.11. The summed E-state index contributed by atoms with van der Waals surface area (Å²) in [7, 11) is 0. The predicted molar refractivity (Wildman–Crippen MR) is 144 cm³/mol. The summed E-state index contributed by atoms with van der Waals surface area (Å²) in [5.41, 5.74) is 5.67. The highest BCUT2D eigenvalue weighted by atomic mass is 16.5. The number of nitrogens with zero attached hydrogens (tertiary/aromatic N) is 2. The molecule has 200 valence electrons. The molecule has 0 radical (unpaired) electrons. The van der Waals surface area contributed by atoms with Gasteiger partial charge in [0, 0.05) is 31.9 Å². The van der Waals surface area contributed by atoms with Crippen molar-refractivity contribution >= 4 is 11.8 Å². The van der Waals surface area contributed by atoms with Crippen LogP contribution in [0, 0.1) is 5.92 Å². The van der Waals surface area contributed by atoms with Crippen LogP contribution in [-0.4, -0.2) is 59.4 Å². The summed E-state index contributed by atoms with van der Waals surface area (Å²) < 4.78 is 12.2. The molecule has 2 aromatic rings. The Balaban J connectivity index is 1.13. The van der Waals surface area contributed by atoms with E-state index >= 15 is 0 Å². The number of hydrogen-bond donors (Lipinski definition) is 2. The van der Waals surface area contributed by atoms with Gasteiger partial charge in [0.1, 0.15) is 11.9 Å². The number of rotatable bonds is 10. The van der Waals surface area contributed by atoms with Gasteiger partial charge in [0.25, 0.3) is 0 Å². The minimum absolute atomic E-state index is 0.0826. The molecular weight excluding hydrogens is 466 g/mol. The van der Waals surface area contributed by atoms with Gasteiger partial charge in [-0.1, -0.05) is 38.1 Å². The molecule has 3 aliphatic heterocycles. The number of nitrogens with one attached hydrogen (secondary N) is 1. The van der Waals surface area contributed by atoms with Gasteiger partial charge in [-0.2, -0.15) is 0 Å². The van der Waals surface area contributed by atoms with E-state index in [2.05, 4.69) is 42.3 Å². The monoisotopic (exact) mass is 507 g/mol. The van der Waals surface area contributed by atoms with E-state index in [0.29, 0.717) is 25.7 Å². The highest BCUT2D eigenvalue weighted by Crippen LogP contribution is 2.34. The maximum Gasteiger partial charge on any atom is 0.325 e. The highest BCUT2D eigenvalue weighted by molar-refractivity contribution is 5.76. The fourth-order valence-electron chi connectivity index (χ4n) is 5.96. The molecule has 1 saturated heterocycles. The first-order valence-electron chi connectivity index (χ1n) is 14.0. The van der Waals surface area contributed by atoms with E-state index < -0.39 is 12.0 Å². The minimum atomic E-state index is -0.784. The number of likely N-dealkylation sites (tertiary alicyclic amines) is 1. The quantitative estimate of drug-likeness (QED) is 0.448. The number of fused-ring (bicyclic) bond motifs is 2. The number of pyridine rings is 1. The fourth-order valence-corrected chi connectivity index (χ4v) is 5.96. The first kappa shape index (κ1) is 26.1. The Labute approximate surface area is 220 Å². The smallest absolute Gasteiger partial charge is 0.325 e. The molecule has 0 bridgehead atoms. The molecule has 3 atom stereocenters. The zero-order valence-electron chi connectivity index (χ0n) is 22.2. The van der Waals surface area contributed by atoms with Gasteiger partial charge in [-0.25, -0.2) is 4.98 Å². The van der Waals surface area contributed by atoms with Crippen LogP contribution in [0.25, 0.3) is 0 Å². The number of aryl methyl sites for hydroxylation is 2. The van der Waals surface area contributed by atoms with Crippen molar-refractivity contribution in [3.8, 4) is 0 Å². The molecule has 4 heterocycles. The van der Waals surface area contributed by atoms with Crippen molar-refractivity contribution in [2.24, 2.45) is 5.92 Å². The summed E-state index contributed by atoms with van der Waals surface area (Å²) >= 11 is 0. The second kappa shape index (κ2) is 11.9. The Morgan fingerprint density at radius 2 is 2.14 bits per heavy atom. The standard InChI is InChI=1S/C30H41N3O4/c1-20(2)27-17-26-22(19-37-27)7-5-10-25(26)28(30(34)35)33-15-13-24(18-33)36-16-4-3-9-23-12-11-21-8-6-14-31-29(21)32-23/h5,7,10-12,20,24,27-28H,3-4,6,8-9,13-19H2,1-2H3,(H,31,32)(H,34,35)/t24-,27+,28+/m1/s1.